The van der Waals surface area contributed by atoms with Crippen molar-refractivity contribution in [2.75, 3.05) is 21.0 Å². The van der Waals surface area contributed by atoms with Gasteiger partial charge in [0.15, 0.2) is 0 Å². The first-order valence-corrected chi connectivity index (χ1v) is 8.30. The largest absolute Gasteiger partial charge is 0.359 e. The zero-order chi connectivity index (χ0) is 18.4. The Labute approximate surface area is 149 Å². The molecule has 1 atom stereocenters. The number of aromatic nitrogens is 1. The van der Waals surface area contributed by atoms with Crippen LogP contribution in [0.25, 0.3) is 17.0 Å². The second-order valence-electron chi connectivity index (χ2n) is 6.54. The number of nitrogens with zero attached hydrogens (tertiary/aromatic N) is 1. The van der Waals surface area contributed by atoms with E-state index in [0.29, 0.717) is 0 Å². The summed E-state index contributed by atoms with van der Waals surface area (Å²) in [5.74, 6) is -0.0194. The summed E-state index contributed by atoms with van der Waals surface area (Å²) in [5.41, 5.74) is 2.18. The molecule has 0 fully saturated rings. The van der Waals surface area contributed by atoms with E-state index in [-0.39, 0.29) is 18.8 Å². The van der Waals surface area contributed by atoms with Gasteiger partial charge in [-0.05, 0) is 38.5 Å². The number of methoxy groups -OCH3 is 1. The summed E-state index contributed by atoms with van der Waals surface area (Å²) in [6.45, 7) is 5.95. The van der Waals surface area contributed by atoms with Crippen molar-refractivity contribution in [1.82, 2.24) is 10.3 Å². The molecule has 0 aliphatic rings. The fraction of sp³-hybridized carbons (Fsp3) is 0.400. The van der Waals surface area contributed by atoms with Crippen LogP contribution in [0.15, 0.2) is 36.4 Å². The number of carbonyl (C=O) groups excluding carboxylic acids is 1. The normalized spacial score (nSPS) is 13.3. The molecule has 5 heteroatoms. The number of carbonyl (C=O) groups is 1. The van der Waals surface area contributed by atoms with Crippen molar-refractivity contribution in [2.45, 2.75) is 26.9 Å². The molecule has 0 unspecified atom stereocenters. The Bertz CT molecular complexity index is 769. The maximum Gasteiger partial charge on any atom is 0.229 e. The van der Waals surface area contributed by atoms with E-state index in [9.17, 15) is 4.79 Å². The van der Waals surface area contributed by atoms with E-state index >= 15 is 0 Å². The number of ether oxygens (including phenoxy) is 2. The monoisotopic (exact) mass is 342 g/mol. The standard InChI is InChI=1S/C20H26N2O3/c1-14(25-13-24-5)17-9-8-16-7-6-15(12-18(16)22-17)10-11-20(2,3)19(23)21-4/h6-12,14H,13H2,1-5H3,(H,21,23)/b11-10+/t14-/m1/s1. The molecule has 1 heterocycles. The van der Waals surface area contributed by atoms with Gasteiger partial charge < -0.3 is 14.8 Å². The average molecular weight is 342 g/mol. The number of fused-ring (bicyclic) bond motifs is 1. The molecule has 0 aliphatic carbocycles. The maximum atomic E-state index is 11.9. The highest BCUT2D eigenvalue weighted by Gasteiger charge is 2.22. The minimum Gasteiger partial charge on any atom is -0.359 e. The van der Waals surface area contributed by atoms with Crippen molar-refractivity contribution in [2.24, 2.45) is 5.41 Å². The molecule has 0 spiro atoms. The summed E-state index contributed by atoms with van der Waals surface area (Å²) in [4.78, 5) is 16.6. The lowest BCUT2D eigenvalue weighted by molar-refractivity contribution is -0.126. The molecule has 25 heavy (non-hydrogen) atoms. The fourth-order valence-electron chi connectivity index (χ4n) is 2.44. The molecular weight excluding hydrogens is 316 g/mol. The van der Waals surface area contributed by atoms with E-state index in [0.717, 1.165) is 22.2 Å². The Morgan fingerprint density at radius 1 is 1.32 bits per heavy atom. The summed E-state index contributed by atoms with van der Waals surface area (Å²) in [5, 5.41) is 3.74. The highest BCUT2D eigenvalue weighted by molar-refractivity contribution is 5.85. The van der Waals surface area contributed by atoms with Crippen LogP contribution in [0.5, 0.6) is 0 Å². The van der Waals surface area contributed by atoms with Gasteiger partial charge in [0.25, 0.3) is 0 Å². The topological polar surface area (TPSA) is 60.5 Å². The Balaban J connectivity index is 2.27. The lowest BCUT2D eigenvalue weighted by Crippen LogP contribution is -2.32. The third kappa shape index (κ3) is 4.87. The van der Waals surface area contributed by atoms with Gasteiger partial charge in [0, 0.05) is 19.5 Å². The first-order valence-electron chi connectivity index (χ1n) is 8.30. The van der Waals surface area contributed by atoms with Gasteiger partial charge in [0.1, 0.15) is 6.79 Å². The number of rotatable bonds is 7. The van der Waals surface area contributed by atoms with Gasteiger partial charge in [-0.25, -0.2) is 0 Å². The van der Waals surface area contributed by atoms with E-state index in [1.54, 1.807) is 14.2 Å². The van der Waals surface area contributed by atoms with Crippen LogP contribution in [0.3, 0.4) is 0 Å². The zero-order valence-corrected chi connectivity index (χ0v) is 15.5. The molecule has 5 nitrogen and oxygen atoms in total. The fourth-order valence-corrected chi connectivity index (χ4v) is 2.44. The SMILES string of the molecule is CNC(=O)C(C)(C)/C=C/c1ccc2ccc([C@@H](C)OCOC)nc2c1. The molecule has 0 bridgehead atoms. The predicted molar refractivity (Wildman–Crippen MR) is 100 cm³/mol. The van der Waals surface area contributed by atoms with Gasteiger partial charge in [0.2, 0.25) is 5.91 Å². The van der Waals surface area contributed by atoms with Crippen LogP contribution in [0.2, 0.25) is 0 Å². The van der Waals surface area contributed by atoms with Crippen LogP contribution in [-0.2, 0) is 14.3 Å². The minimum atomic E-state index is -0.568. The summed E-state index contributed by atoms with van der Waals surface area (Å²) >= 11 is 0. The number of hydrogen-bond acceptors (Lipinski definition) is 4. The van der Waals surface area contributed by atoms with Gasteiger partial charge in [-0.2, -0.15) is 0 Å². The molecule has 0 saturated heterocycles. The van der Waals surface area contributed by atoms with Crippen molar-refractivity contribution in [3.05, 3.63) is 47.7 Å². The Kier molecular flexibility index (Phi) is 6.28. The second kappa shape index (κ2) is 8.23. The quantitative estimate of drug-likeness (QED) is 0.780. The summed E-state index contributed by atoms with van der Waals surface area (Å²) in [6, 6.07) is 10.1. The van der Waals surface area contributed by atoms with Crippen molar-refractivity contribution < 1.29 is 14.3 Å². The van der Waals surface area contributed by atoms with E-state index in [4.69, 9.17) is 14.5 Å². The minimum absolute atomic E-state index is 0.0194. The van der Waals surface area contributed by atoms with Gasteiger partial charge >= 0.3 is 0 Å². The van der Waals surface area contributed by atoms with Crippen LogP contribution in [0, 0.1) is 5.41 Å². The van der Waals surface area contributed by atoms with Crippen LogP contribution < -0.4 is 5.32 Å². The number of hydrogen-bond donors (Lipinski definition) is 1. The number of pyridine rings is 1. The van der Waals surface area contributed by atoms with E-state index in [2.05, 4.69) is 5.32 Å². The van der Waals surface area contributed by atoms with Crippen molar-refractivity contribution in [1.29, 1.82) is 0 Å². The third-order valence-electron chi connectivity index (χ3n) is 4.09. The van der Waals surface area contributed by atoms with Gasteiger partial charge in [0.05, 0.1) is 22.7 Å². The average Bonchev–Trinajstić information content (AvgIpc) is 2.62. The number of benzene rings is 1. The molecule has 2 aromatic rings. The van der Waals surface area contributed by atoms with Crippen LogP contribution >= 0.6 is 0 Å². The molecule has 0 saturated carbocycles. The van der Waals surface area contributed by atoms with Crippen molar-refractivity contribution >= 4 is 22.9 Å². The smallest absolute Gasteiger partial charge is 0.229 e. The summed E-state index contributed by atoms with van der Waals surface area (Å²) in [6.07, 6.45) is 3.71. The van der Waals surface area contributed by atoms with Crippen LogP contribution in [0.4, 0.5) is 0 Å². The van der Waals surface area contributed by atoms with E-state index < -0.39 is 5.41 Å². The first kappa shape index (κ1) is 19.1. The molecular formula is C20H26N2O3. The number of nitrogens with one attached hydrogen (secondary N) is 1. The second-order valence-corrected chi connectivity index (χ2v) is 6.54. The lowest BCUT2D eigenvalue weighted by Gasteiger charge is -2.17. The zero-order valence-electron chi connectivity index (χ0n) is 15.5. The van der Waals surface area contributed by atoms with E-state index in [1.165, 1.54) is 0 Å². The van der Waals surface area contributed by atoms with Gasteiger partial charge in [-0.3, -0.25) is 9.78 Å². The molecule has 0 aliphatic heterocycles. The molecule has 1 aromatic carbocycles. The van der Waals surface area contributed by atoms with Crippen molar-refractivity contribution in [3.63, 3.8) is 0 Å². The highest BCUT2D eigenvalue weighted by Crippen LogP contribution is 2.23. The highest BCUT2D eigenvalue weighted by atomic mass is 16.7. The maximum absolute atomic E-state index is 11.9. The molecule has 1 amide bonds. The van der Waals surface area contributed by atoms with Crippen molar-refractivity contribution in [3.8, 4) is 0 Å². The Hall–Kier alpha value is -2.24. The molecule has 134 valence electrons. The van der Waals surface area contributed by atoms with E-state index in [1.807, 2.05) is 63.3 Å². The summed E-state index contributed by atoms with van der Waals surface area (Å²) in [7, 11) is 3.24. The van der Waals surface area contributed by atoms with Gasteiger partial charge in [-0.15, -0.1) is 0 Å². The summed E-state index contributed by atoms with van der Waals surface area (Å²) < 4.78 is 10.5. The predicted octanol–water partition coefficient (Wildman–Crippen LogP) is 3.70. The lowest BCUT2D eigenvalue weighted by atomic mass is 9.91. The molecule has 1 N–H and O–H groups in total. The Morgan fingerprint density at radius 2 is 2.04 bits per heavy atom. The Morgan fingerprint density at radius 3 is 2.72 bits per heavy atom. The molecule has 1 aromatic heterocycles. The van der Waals surface area contributed by atoms with Crippen LogP contribution in [-0.4, -0.2) is 31.8 Å². The third-order valence-corrected chi connectivity index (χ3v) is 4.09. The van der Waals surface area contributed by atoms with Gasteiger partial charge in [-0.1, -0.05) is 30.4 Å². The number of amides is 1. The molecule has 2 rings (SSSR count). The molecule has 0 radical (unpaired) electrons. The van der Waals surface area contributed by atoms with Crippen LogP contribution in [0.1, 0.15) is 38.1 Å². The first-order chi connectivity index (χ1) is 11.9.